The number of aromatic amines is 1. The van der Waals surface area contributed by atoms with Gasteiger partial charge in [0.15, 0.2) is 81.3 Å². The molecule has 1 N–H and O–H groups in total. The van der Waals surface area contributed by atoms with Crippen molar-refractivity contribution in [2.75, 3.05) is 6.61 Å². The third kappa shape index (κ3) is 20.2. The fourth-order valence-corrected chi connectivity index (χ4v) is 11.4. The highest BCUT2D eigenvalue weighted by Gasteiger charge is 2.52. The zero-order valence-electron chi connectivity index (χ0n) is 50.5. The second-order valence-corrected chi connectivity index (χ2v) is 22.9. The molecule has 0 saturated carbocycles. The number of hydrogen-bond acceptors (Lipinski definition) is 1. The molecule has 0 saturated heterocycles. The molecule has 0 aliphatic heterocycles. The SMILES string of the molecule is CCCCCCCCCCCCCCCCCCCc1ccc(OCCCCCCCCCCCCCCCCCC)c[nH+]1.Fc1c(F)c(F)c([B-](c2c(F)c(F)c(F)c(F)c2F)(c2c(F)c(F)c(F)c(F)c2F)c2c(F)c(F)c(F)c(F)c2F)c(F)c1F. The largest absolute Gasteiger partial charge is 0.487 e. The fraction of sp³-hybridized carbons (Fsp3) is 0.561. The van der Waals surface area contributed by atoms with Gasteiger partial charge in [-0.25, -0.2) is 92.8 Å². The lowest BCUT2D eigenvalue weighted by Crippen LogP contribution is -2.81. The number of ether oxygens (including phenoxy) is 1. The van der Waals surface area contributed by atoms with Crippen molar-refractivity contribution in [1.82, 2.24) is 0 Å². The van der Waals surface area contributed by atoms with Crippen molar-refractivity contribution < 1.29 is 97.5 Å². The molecule has 0 aliphatic rings. The maximum Gasteiger partial charge on any atom is 0.209 e. The van der Waals surface area contributed by atoms with Crippen LogP contribution in [0.25, 0.3) is 0 Å². The summed E-state index contributed by atoms with van der Waals surface area (Å²) in [6.07, 6.45) is 43.0. The van der Waals surface area contributed by atoms with Crippen molar-refractivity contribution in [3.63, 3.8) is 0 Å². The Morgan fingerprint density at radius 1 is 0.258 bits per heavy atom. The molecule has 498 valence electrons. The van der Waals surface area contributed by atoms with Crippen LogP contribution in [0.1, 0.15) is 231 Å². The average molecular weight is 1290 g/mol. The highest BCUT2D eigenvalue weighted by Crippen LogP contribution is 2.31. The summed E-state index contributed by atoms with van der Waals surface area (Å²) >= 11 is 0. The van der Waals surface area contributed by atoms with E-state index < -0.39 is 144 Å². The van der Waals surface area contributed by atoms with E-state index >= 15 is 35.1 Å². The molecule has 0 radical (unpaired) electrons. The first-order chi connectivity index (χ1) is 42.6. The molecule has 89 heavy (non-hydrogen) atoms. The topological polar surface area (TPSA) is 23.4 Å². The summed E-state index contributed by atoms with van der Waals surface area (Å²) in [4.78, 5) is 3.47. The quantitative estimate of drug-likeness (QED) is 0.0126. The normalized spacial score (nSPS) is 11.7. The van der Waals surface area contributed by atoms with Crippen LogP contribution in [0.4, 0.5) is 87.8 Å². The molecule has 4 aromatic carbocycles. The Kier molecular flexibility index (Phi) is 33.3. The summed E-state index contributed by atoms with van der Waals surface area (Å²) in [6.45, 7) is 5.46. The summed E-state index contributed by atoms with van der Waals surface area (Å²) in [5.74, 6) is -70.4. The Labute approximate surface area is 508 Å². The Morgan fingerprint density at radius 3 is 0.674 bits per heavy atom. The number of rotatable bonds is 40. The molecule has 1 aromatic heterocycles. The molecule has 1 heterocycles. The Balaban J connectivity index is 0.000000381. The van der Waals surface area contributed by atoms with Crippen LogP contribution in [-0.2, 0) is 6.42 Å². The molecule has 0 unspecified atom stereocenters. The third-order valence-electron chi connectivity index (χ3n) is 16.4. The van der Waals surface area contributed by atoms with Crippen LogP contribution in [0.3, 0.4) is 0 Å². The lowest BCUT2D eigenvalue weighted by Gasteiger charge is -2.44. The number of aromatic nitrogens is 1. The number of pyridine rings is 1. The van der Waals surface area contributed by atoms with E-state index in [9.17, 15) is 52.7 Å². The highest BCUT2D eigenvalue weighted by molar-refractivity contribution is 7.20. The van der Waals surface area contributed by atoms with E-state index in [2.05, 4.69) is 37.2 Å². The molecule has 0 bridgehead atoms. The van der Waals surface area contributed by atoms with Crippen LogP contribution in [0.15, 0.2) is 18.3 Å². The molecule has 0 atom stereocenters. The van der Waals surface area contributed by atoms with Crippen LogP contribution in [0, 0.1) is 116 Å². The lowest BCUT2D eigenvalue weighted by atomic mass is 9.12. The lowest BCUT2D eigenvalue weighted by molar-refractivity contribution is -0.391. The Bertz CT molecular complexity index is 2540. The standard InChI is InChI=1S/C42H79NO.C24BF20/c1-3-5-7-9-11-13-15-17-19-21-22-24-26-28-30-32-34-36-41-37-38-42(40-43-41)44-39-35-33-31-29-27-25-23-20-18-16-14-12-10-8-6-4-2;26-5-1(6(27)14(35)21(42)13(5)34)25(2-7(28)15(36)22(43)16(37)8(2)29,3-9(30)17(38)23(44)18(39)10(3)31)4-11(32)19(40)24(45)20(41)12(4)33/h37-38,40H,3-36,39H2,1-2H3;/q;-1/p+1. The van der Waals surface area contributed by atoms with Gasteiger partial charge in [-0.05, 0) is 18.9 Å². The van der Waals surface area contributed by atoms with Gasteiger partial charge >= 0.3 is 0 Å². The van der Waals surface area contributed by atoms with Crippen LogP contribution >= 0.6 is 0 Å². The molecule has 0 aliphatic carbocycles. The van der Waals surface area contributed by atoms with Crippen molar-refractivity contribution in [2.24, 2.45) is 0 Å². The minimum Gasteiger partial charge on any atom is -0.487 e. The van der Waals surface area contributed by atoms with Crippen molar-refractivity contribution in [1.29, 1.82) is 0 Å². The van der Waals surface area contributed by atoms with Crippen LogP contribution in [-0.4, -0.2) is 12.8 Å². The zero-order chi connectivity index (χ0) is 65.8. The molecule has 0 spiro atoms. The predicted molar refractivity (Wildman–Crippen MR) is 305 cm³/mol. The Hall–Kier alpha value is -5.51. The maximum absolute atomic E-state index is 15.4. The summed E-state index contributed by atoms with van der Waals surface area (Å²) in [6, 6.07) is 4.39. The second-order valence-electron chi connectivity index (χ2n) is 22.9. The average Bonchev–Trinajstić information content (AvgIpc) is 0.697. The zero-order valence-corrected chi connectivity index (χ0v) is 50.5. The number of benzene rings is 4. The summed E-state index contributed by atoms with van der Waals surface area (Å²) in [5.41, 5.74) is -13.0. The number of aryl methyl sites for hydroxylation is 1. The minimum atomic E-state index is -7.22. The summed E-state index contributed by atoms with van der Waals surface area (Å²) in [7, 11) is 0. The smallest absolute Gasteiger partial charge is 0.209 e. The first-order valence-electron chi connectivity index (χ1n) is 31.4. The third-order valence-corrected chi connectivity index (χ3v) is 16.4. The van der Waals surface area contributed by atoms with Gasteiger partial charge in [0, 0.05) is 12.5 Å². The minimum absolute atomic E-state index is 0.852. The number of hydrogen-bond donors (Lipinski definition) is 0. The number of halogens is 20. The fourth-order valence-electron chi connectivity index (χ4n) is 11.4. The van der Waals surface area contributed by atoms with E-state index in [-0.39, 0.29) is 0 Å². The molecular weight excluding hydrogens is 1210 g/mol. The van der Waals surface area contributed by atoms with Crippen LogP contribution in [0.5, 0.6) is 5.75 Å². The molecule has 5 aromatic rings. The monoisotopic (exact) mass is 1290 g/mol. The van der Waals surface area contributed by atoms with E-state index in [1.807, 2.05) is 0 Å². The second kappa shape index (κ2) is 39.0. The van der Waals surface area contributed by atoms with Crippen molar-refractivity contribution in [2.45, 2.75) is 232 Å². The van der Waals surface area contributed by atoms with Gasteiger partial charge in [0.1, 0.15) is 52.7 Å². The molecule has 0 fully saturated rings. The van der Waals surface area contributed by atoms with Gasteiger partial charge in [-0.2, -0.15) is 0 Å². The van der Waals surface area contributed by atoms with Gasteiger partial charge in [-0.15, -0.1) is 21.9 Å². The summed E-state index contributed by atoms with van der Waals surface area (Å²) in [5, 5.41) is 0. The Morgan fingerprint density at radius 2 is 0.461 bits per heavy atom. The van der Waals surface area contributed by atoms with E-state index in [1.165, 1.54) is 218 Å². The van der Waals surface area contributed by atoms with Crippen LogP contribution in [0.2, 0.25) is 0 Å². The first kappa shape index (κ1) is 76.0. The van der Waals surface area contributed by atoms with Crippen LogP contribution < -0.4 is 31.6 Å². The summed E-state index contributed by atoms with van der Waals surface area (Å²) < 4.78 is 300. The van der Waals surface area contributed by atoms with Crippen molar-refractivity contribution in [3.05, 3.63) is 140 Å². The molecular formula is C66H80BF20NO. The van der Waals surface area contributed by atoms with Crippen molar-refractivity contribution in [3.8, 4) is 5.75 Å². The van der Waals surface area contributed by atoms with Crippen molar-refractivity contribution >= 4 is 28.0 Å². The van der Waals surface area contributed by atoms with E-state index in [4.69, 9.17) is 4.74 Å². The number of H-pyrrole nitrogens is 1. The molecule has 0 amide bonds. The first-order valence-corrected chi connectivity index (χ1v) is 31.4. The van der Waals surface area contributed by atoms with E-state index in [0.717, 1.165) is 18.8 Å². The van der Waals surface area contributed by atoms with Gasteiger partial charge in [0.05, 0.1) is 6.61 Å². The van der Waals surface area contributed by atoms with E-state index in [0.29, 0.717) is 0 Å². The number of unbranched alkanes of at least 4 members (excludes halogenated alkanes) is 31. The predicted octanol–water partition coefficient (Wildman–Crippen LogP) is 20.2. The van der Waals surface area contributed by atoms with Gasteiger partial charge in [0.2, 0.25) is 6.20 Å². The van der Waals surface area contributed by atoms with Gasteiger partial charge in [-0.3, -0.25) is 0 Å². The molecule has 23 heteroatoms. The maximum atomic E-state index is 15.4. The molecule has 2 nitrogen and oxygen atoms in total. The van der Waals surface area contributed by atoms with Gasteiger partial charge in [0.25, 0.3) is 0 Å². The number of nitrogens with one attached hydrogen (secondary N) is 1. The van der Waals surface area contributed by atoms with E-state index in [1.54, 1.807) is 0 Å². The molecule has 5 rings (SSSR count). The highest BCUT2D eigenvalue weighted by atomic mass is 19.2. The van der Waals surface area contributed by atoms with Gasteiger partial charge in [-0.1, -0.05) is 213 Å². The van der Waals surface area contributed by atoms with Gasteiger partial charge < -0.3 is 4.74 Å².